The zero-order valence-electron chi connectivity index (χ0n) is 18.0. The maximum absolute atomic E-state index is 14.9. The number of thiophene rings is 1. The van der Waals surface area contributed by atoms with Crippen molar-refractivity contribution in [2.45, 2.75) is 25.1 Å². The van der Waals surface area contributed by atoms with E-state index in [2.05, 4.69) is 20.2 Å². The number of pyridine rings is 1. The van der Waals surface area contributed by atoms with Crippen molar-refractivity contribution in [2.24, 2.45) is 10.7 Å². The molecule has 10 heteroatoms. The van der Waals surface area contributed by atoms with E-state index in [4.69, 9.17) is 10.2 Å². The second kappa shape index (κ2) is 10.1. The Kier molecular flexibility index (Phi) is 7.05. The quantitative estimate of drug-likeness (QED) is 0.441. The predicted octanol–water partition coefficient (Wildman–Crippen LogP) is 4.93. The molecule has 0 bridgehead atoms. The van der Waals surface area contributed by atoms with Crippen LogP contribution in [-0.2, 0) is 10.8 Å². The van der Waals surface area contributed by atoms with Crippen LogP contribution in [0.4, 0.5) is 4.39 Å². The van der Waals surface area contributed by atoms with Crippen LogP contribution in [0, 0.1) is 5.82 Å². The van der Waals surface area contributed by atoms with E-state index >= 15 is 0 Å². The minimum atomic E-state index is -1.36. The fourth-order valence-corrected chi connectivity index (χ4v) is 6.14. The Bertz CT molecular complexity index is 1280. The zero-order chi connectivity index (χ0) is 23.4. The molecule has 33 heavy (non-hydrogen) atoms. The molecule has 0 spiro atoms. The highest BCUT2D eigenvalue weighted by molar-refractivity contribution is 7.86. The van der Waals surface area contributed by atoms with Crippen molar-refractivity contribution in [3.8, 4) is 21.9 Å². The summed E-state index contributed by atoms with van der Waals surface area (Å²) >= 11 is 1.27. The first kappa shape index (κ1) is 22.9. The summed E-state index contributed by atoms with van der Waals surface area (Å²) in [7, 11) is -1.36. The molecular weight excluding hydrogens is 461 g/mol. The summed E-state index contributed by atoms with van der Waals surface area (Å²) in [6.07, 6.45) is 2.88. The molecule has 170 valence electrons. The fraction of sp³-hybridized carbons (Fsp3) is 0.217. The Morgan fingerprint density at radius 2 is 1.97 bits per heavy atom. The second-order valence-electron chi connectivity index (χ2n) is 6.90. The molecular formula is C23H22FN5O2S2. The van der Waals surface area contributed by atoms with E-state index in [1.807, 2.05) is 44.2 Å². The summed E-state index contributed by atoms with van der Waals surface area (Å²) in [6, 6.07) is 13.6. The van der Waals surface area contributed by atoms with Crippen LogP contribution in [0.3, 0.4) is 0 Å². The lowest BCUT2D eigenvalue weighted by Gasteiger charge is -2.24. The number of amidine groups is 1. The largest absolute Gasteiger partial charge is 0.423 e. The van der Waals surface area contributed by atoms with Gasteiger partial charge >= 0.3 is 0 Å². The monoisotopic (exact) mass is 483 g/mol. The first-order valence-corrected chi connectivity index (χ1v) is 12.6. The zero-order valence-corrected chi connectivity index (χ0v) is 19.6. The molecule has 7 nitrogen and oxygen atoms in total. The van der Waals surface area contributed by atoms with Gasteiger partial charge in [-0.3, -0.25) is 14.2 Å². The summed E-state index contributed by atoms with van der Waals surface area (Å²) < 4.78 is 33.0. The Balaban J connectivity index is 0.00000126. The minimum Gasteiger partial charge on any atom is -0.423 e. The van der Waals surface area contributed by atoms with Crippen LogP contribution in [0.15, 0.2) is 70.5 Å². The molecule has 0 aliphatic carbocycles. The summed E-state index contributed by atoms with van der Waals surface area (Å²) in [5.41, 5.74) is 8.30. The molecule has 0 saturated carbocycles. The summed E-state index contributed by atoms with van der Waals surface area (Å²) in [5, 5.41) is 7.02. The number of nitrogens with zero attached hydrogens (tertiary/aromatic N) is 4. The summed E-state index contributed by atoms with van der Waals surface area (Å²) in [6.45, 7) is 4.00. The van der Waals surface area contributed by atoms with Crippen LogP contribution in [0.25, 0.3) is 21.9 Å². The number of hydrogen-bond donors (Lipinski definition) is 1. The number of aliphatic imine (C=N–C) groups is 1. The predicted molar refractivity (Wildman–Crippen MR) is 129 cm³/mol. The lowest BCUT2D eigenvalue weighted by Crippen LogP contribution is -2.33. The number of benzene rings is 1. The third-order valence-electron chi connectivity index (χ3n) is 4.88. The molecule has 0 amide bonds. The average Bonchev–Trinajstić information content (AvgIpc) is 3.51. The highest BCUT2D eigenvalue weighted by Crippen LogP contribution is 2.39. The van der Waals surface area contributed by atoms with Gasteiger partial charge in [0.25, 0.3) is 0 Å². The molecule has 5 rings (SSSR count). The maximum Gasteiger partial charge on any atom is 0.247 e. The standard InChI is InChI=1S/C21H16FN5O2S2.C2H6/c22-14-9-17(12-4-3-5-13(8-12)21-27-25-11-29-21)30-18(14)16-10-31(28)19(20(23)26-16)15-6-1-2-7-24-15;1-2/h1-9,11,16,19H,10H2,(H2,23,26);1-2H3. The van der Waals surface area contributed by atoms with Crippen LogP contribution in [0.1, 0.15) is 35.7 Å². The molecule has 2 N–H and O–H groups in total. The van der Waals surface area contributed by atoms with Crippen molar-refractivity contribution in [3.05, 3.63) is 77.5 Å². The third-order valence-corrected chi connectivity index (χ3v) is 7.80. The number of nitrogens with two attached hydrogens (primary N) is 1. The van der Waals surface area contributed by atoms with Crippen LogP contribution in [0.5, 0.6) is 0 Å². The molecule has 1 aromatic carbocycles. The number of halogens is 1. The lowest BCUT2D eigenvalue weighted by molar-refractivity contribution is 0.568. The summed E-state index contributed by atoms with van der Waals surface area (Å²) in [5.74, 6) is 0.389. The van der Waals surface area contributed by atoms with Crippen LogP contribution < -0.4 is 5.73 Å². The molecule has 3 aromatic heterocycles. The van der Waals surface area contributed by atoms with Crippen molar-refractivity contribution in [1.82, 2.24) is 15.2 Å². The van der Waals surface area contributed by atoms with Gasteiger partial charge < -0.3 is 10.2 Å². The van der Waals surface area contributed by atoms with Crippen molar-refractivity contribution in [2.75, 3.05) is 5.75 Å². The maximum atomic E-state index is 14.9. The molecule has 4 aromatic rings. The molecule has 3 atom stereocenters. The first-order chi connectivity index (χ1) is 16.1. The van der Waals surface area contributed by atoms with Crippen LogP contribution in [-0.4, -0.2) is 31.0 Å². The number of hydrogen-bond acceptors (Lipinski definition) is 8. The van der Waals surface area contributed by atoms with Gasteiger partial charge in [0.1, 0.15) is 22.9 Å². The molecule has 4 heterocycles. The first-order valence-electron chi connectivity index (χ1n) is 10.4. The van der Waals surface area contributed by atoms with Crippen LogP contribution in [0.2, 0.25) is 0 Å². The van der Waals surface area contributed by atoms with Crippen molar-refractivity contribution in [1.29, 1.82) is 0 Å². The van der Waals surface area contributed by atoms with E-state index in [-0.39, 0.29) is 11.6 Å². The van der Waals surface area contributed by atoms with Gasteiger partial charge in [-0.2, -0.15) is 0 Å². The molecule has 3 unspecified atom stereocenters. The van der Waals surface area contributed by atoms with Gasteiger partial charge in [0.2, 0.25) is 12.3 Å². The highest BCUT2D eigenvalue weighted by Gasteiger charge is 2.34. The number of aromatic nitrogens is 3. The van der Waals surface area contributed by atoms with Gasteiger partial charge in [0, 0.05) is 27.4 Å². The van der Waals surface area contributed by atoms with Crippen molar-refractivity contribution in [3.63, 3.8) is 0 Å². The Labute approximate surface area is 197 Å². The average molecular weight is 484 g/mol. The van der Waals surface area contributed by atoms with Gasteiger partial charge in [-0.1, -0.05) is 32.0 Å². The lowest BCUT2D eigenvalue weighted by atomic mass is 10.1. The van der Waals surface area contributed by atoms with Gasteiger partial charge in [-0.05, 0) is 35.9 Å². The summed E-state index contributed by atoms with van der Waals surface area (Å²) in [4.78, 5) is 9.87. The smallest absolute Gasteiger partial charge is 0.247 e. The Morgan fingerprint density at radius 3 is 2.67 bits per heavy atom. The molecule has 1 aliphatic rings. The van der Waals surface area contributed by atoms with E-state index in [0.717, 1.165) is 16.0 Å². The van der Waals surface area contributed by atoms with Gasteiger partial charge in [-0.15, -0.1) is 21.5 Å². The molecule has 0 saturated heterocycles. The highest BCUT2D eigenvalue weighted by atomic mass is 32.2. The van der Waals surface area contributed by atoms with Gasteiger partial charge in [0.05, 0.1) is 16.3 Å². The SMILES string of the molecule is CC.NC1=NC(c2sc(-c3cccc(-c4nnco4)c3)cc2F)CS(=O)C1c1ccccn1. The molecule has 0 fully saturated rings. The van der Waals surface area contributed by atoms with Crippen molar-refractivity contribution >= 4 is 28.0 Å². The molecule has 0 radical (unpaired) electrons. The third kappa shape index (κ3) is 4.76. The minimum absolute atomic E-state index is 0.181. The van der Waals surface area contributed by atoms with E-state index in [9.17, 15) is 8.60 Å². The van der Waals surface area contributed by atoms with Gasteiger partial charge in [0.15, 0.2) is 0 Å². The number of rotatable bonds is 4. The van der Waals surface area contributed by atoms with Crippen LogP contribution >= 0.6 is 11.3 Å². The Morgan fingerprint density at radius 1 is 1.15 bits per heavy atom. The second-order valence-corrected chi connectivity index (χ2v) is 9.55. The topological polar surface area (TPSA) is 107 Å². The fourth-order valence-electron chi connectivity index (χ4n) is 3.48. The normalized spacial score (nSPS) is 20.0. The van der Waals surface area contributed by atoms with E-state index in [1.165, 1.54) is 23.8 Å². The van der Waals surface area contributed by atoms with E-state index < -0.39 is 27.9 Å². The van der Waals surface area contributed by atoms with E-state index in [0.29, 0.717) is 16.5 Å². The Hall–Kier alpha value is -3.24. The molecule has 1 aliphatic heterocycles. The van der Waals surface area contributed by atoms with E-state index in [1.54, 1.807) is 18.3 Å². The van der Waals surface area contributed by atoms with Gasteiger partial charge in [-0.25, -0.2) is 4.39 Å². The van der Waals surface area contributed by atoms with Crippen molar-refractivity contribution < 1.29 is 13.0 Å².